The Morgan fingerprint density at radius 1 is 1.00 bits per heavy atom. The van der Waals surface area contributed by atoms with E-state index in [0.29, 0.717) is 12.2 Å². The average molecular weight is 357 g/mol. The van der Waals surface area contributed by atoms with E-state index in [1.807, 2.05) is 0 Å². The van der Waals surface area contributed by atoms with E-state index in [1.54, 1.807) is 39.5 Å². The lowest BCUT2D eigenvalue weighted by molar-refractivity contribution is -0.385. The Balaban J connectivity index is 2.16. The summed E-state index contributed by atoms with van der Waals surface area (Å²) in [5.41, 5.74) is 0.719. The first-order valence-electron chi connectivity index (χ1n) is 8.04. The van der Waals surface area contributed by atoms with Crippen LogP contribution in [0.4, 0.5) is 5.69 Å². The highest BCUT2D eigenvalue weighted by molar-refractivity contribution is 6.60. The van der Waals surface area contributed by atoms with Gasteiger partial charge in [0.15, 0.2) is 0 Å². The van der Waals surface area contributed by atoms with Crippen molar-refractivity contribution in [3.05, 3.63) is 39.9 Å². The number of hydrogen-bond acceptors (Lipinski definition) is 6. The summed E-state index contributed by atoms with van der Waals surface area (Å²) in [6.07, 6.45) is 3.96. The molecule has 0 unspecified atom stereocenters. The SMILES string of the molecule is CO[Si](CCCCCCOCc1ccccc1[N+](=O)[O-])(OC)OC. The van der Waals surface area contributed by atoms with E-state index in [-0.39, 0.29) is 17.2 Å². The van der Waals surface area contributed by atoms with Crippen molar-refractivity contribution in [3.63, 3.8) is 0 Å². The number of rotatable bonds is 13. The molecule has 0 heterocycles. The summed E-state index contributed by atoms with van der Waals surface area (Å²) in [6, 6.07) is 7.46. The average Bonchev–Trinajstić information content (AvgIpc) is 2.61. The Hall–Kier alpha value is -1.32. The van der Waals surface area contributed by atoms with Gasteiger partial charge in [-0.2, -0.15) is 0 Å². The fraction of sp³-hybridized carbons (Fsp3) is 0.625. The van der Waals surface area contributed by atoms with Crippen molar-refractivity contribution in [3.8, 4) is 0 Å². The minimum atomic E-state index is -2.45. The first-order valence-corrected chi connectivity index (χ1v) is 9.97. The van der Waals surface area contributed by atoms with Gasteiger partial charge in [0, 0.05) is 40.0 Å². The first-order chi connectivity index (χ1) is 11.6. The van der Waals surface area contributed by atoms with Crippen LogP contribution in [0.25, 0.3) is 0 Å². The van der Waals surface area contributed by atoms with E-state index < -0.39 is 8.80 Å². The highest BCUT2D eigenvalue weighted by atomic mass is 28.4. The molecule has 0 atom stereocenters. The number of nitro groups is 1. The molecule has 1 aromatic rings. The number of para-hydroxylation sites is 1. The van der Waals surface area contributed by atoms with Crippen molar-refractivity contribution in [2.45, 2.75) is 38.3 Å². The molecule has 1 aromatic carbocycles. The van der Waals surface area contributed by atoms with Gasteiger partial charge >= 0.3 is 8.80 Å². The quantitative estimate of drug-likeness (QED) is 0.232. The van der Waals surface area contributed by atoms with Gasteiger partial charge in [-0.25, -0.2) is 0 Å². The van der Waals surface area contributed by atoms with Crippen LogP contribution in [0.5, 0.6) is 0 Å². The molecule has 0 N–H and O–H groups in total. The molecule has 0 saturated heterocycles. The maximum atomic E-state index is 10.9. The molecule has 0 saturated carbocycles. The second-order valence-corrected chi connectivity index (χ2v) is 8.49. The zero-order chi connectivity index (χ0) is 17.8. The number of nitrogens with zero attached hydrogens (tertiary/aromatic N) is 1. The monoisotopic (exact) mass is 357 g/mol. The Morgan fingerprint density at radius 2 is 1.62 bits per heavy atom. The number of ether oxygens (including phenoxy) is 1. The third-order valence-electron chi connectivity index (χ3n) is 3.90. The van der Waals surface area contributed by atoms with Crippen LogP contribution < -0.4 is 0 Å². The molecule has 0 aromatic heterocycles. The lowest BCUT2D eigenvalue weighted by Gasteiger charge is -2.24. The fourth-order valence-corrected chi connectivity index (χ4v) is 4.24. The highest BCUT2D eigenvalue weighted by Gasteiger charge is 2.36. The van der Waals surface area contributed by atoms with Crippen molar-refractivity contribution in [2.75, 3.05) is 27.9 Å². The Labute approximate surface area is 144 Å². The van der Waals surface area contributed by atoms with Gasteiger partial charge in [-0.05, 0) is 18.9 Å². The second-order valence-electron chi connectivity index (χ2n) is 5.40. The molecule has 0 radical (unpaired) electrons. The van der Waals surface area contributed by atoms with Gasteiger partial charge in [0.1, 0.15) is 0 Å². The standard InChI is InChI=1S/C16H27NO6Si/c1-20-24(21-2,22-3)13-9-5-4-8-12-23-14-15-10-6-7-11-16(15)17(18)19/h6-7,10-11H,4-5,8-9,12-14H2,1-3H3. The maximum Gasteiger partial charge on any atom is 0.500 e. The summed E-state index contributed by atoms with van der Waals surface area (Å²) in [5, 5.41) is 10.9. The van der Waals surface area contributed by atoms with E-state index >= 15 is 0 Å². The van der Waals surface area contributed by atoms with Crippen molar-refractivity contribution in [2.24, 2.45) is 0 Å². The summed E-state index contributed by atoms with van der Waals surface area (Å²) < 4.78 is 21.7. The number of hydrogen-bond donors (Lipinski definition) is 0. The Kier molecular flexibility index (Phi) is 9.73. The number of unbranched alkanes of at least 4 members (excludes halogenated alkanes) is 3. The Morgan fingerprint density at radius 3 is 2.25 bits per heavy atom. The number of nitro benzene ring substituents is 1. The van der Waals surface area contributed by atoms with E-state index in [2.05, 4.69) is 0 Å². The lowest BCUT2D eigenvalue weighted by atomic mass is 10.2. The van der Waals surface area contributed by atoms with Crippen molar-refractivity contribution >= 4 is 14.5 Å². The summed E-state index contributed by atoms with van der Waals surface area (Å²) in [7, 11) is 2.41. The first kappa shape index (κ1) is 20.7. The molecule has 136 valence electrons. The Bertz CT molecular complexity index is 487. The molecule has 0 aliphatic heterocycles. The van der Waals surface area contributed by atoms with E-state index in [0.717, 1.165) is 31.7 Å². The summed E-state index contributed by atoms with van der Waals surface area (Å²) in [6.45, 7) is 0.859. The topological polar surface area (TPSA) is 80.1 Å². The van der Waals surface area contributed by atoms with Crippen LogP contribution in [-0.2, 0) is 24.6 Å². The van der Waals surface area contributed by atoms with Crippen LogP contribution in [0.1, 0.15) is 31.2 Å². The van der Waals surface area contributed by atoms with Gasteiger partial charge in [-0.1, -0.05) is 25.0 Å². The van der Waals surface area contributed by atoms with Gasteiger partial charge in [-0.15, -0.1) is 0 Å². The summed E-state index contributed by atoms with van der Waals surface area (Å²) in [5.74, 6) is 0. The summed E-state index contributed by atoms with van der Waals surface area (Å²) in [4.78, 5) is 10.5. The van der Waals surface area contributed by atoms with Crippen LogP contribution >= 0.6 is 0 Å². The van der Waals surface area contributed by atoms with Crippen molar-refractivity contribution < 1.29 is 22.9 Å². The molecule has 0 bridgehead atoms. The zero-order valence-electron chi connectivity index (χ0n) is 14.7. The zero-order valence-corrected chi connectivity index (χ0v) is 15.7. The predicted molar refractivity (Wildman–Crippen MR) is 92.8 cm³/mol. The van der Waals surface area contributed by atoms with Gasteiger partial charge in [0.05, 0.1) is 17.1 Å². The van der Waals surface area contributed by atoms with E-state index in [1.165, 1.54) is 6.07 Å². The van der Waals surface area contributed by atoms with Crippen molar-refractivity contribution in [1.82, 2.24) is 0 Å². The fourth-order valence-electron chi connectivity index (χ4n) is 2.45. The normalized spacial score (nSPS) is 11.6. The third-order valence-corrected chi connectivity index (χ3v) is 6.73. The molecule has 7 nitrogen and oxygen atoms in total. The van der Waals surface area contributed by atoms with E-state index in [4.69, 9.17) is 18.0 Å². The highest BCUT2D eigenvalue weighted by Crippen LogP contribution is 2.19. The molecule has 1 rings (SSSR count). The minimum absolute atomic E-state index is 0.109. The molecule has 24 heavy (non-hydrogen) atoms. The van der Waals surface area contributed by atoms with Crippen LogP contribution in [0.2, 0.25) is 6.04 Å². The smallest absolute Gasteiger partial charge is 0.377 e. The van der Waals surface area contributed by atoms with Crippen LogP contribution in [-0.4, -0.2) is 41.7 Å². The van der Waals surface area contributed by atoms with E-state index in [9.17, 15) is 10.1 Å². The van der Waals surface area contributed by atoms with Crippen LogP contribution in [0.15, 0.2) is 24.3 Å². The van der Waals surface area contributed by atoms with Gasteiger partial charge in [0.25, 0.3) is 5.69 Å². The molecule has 0 aliphatic rings. The van der Waals surface area contributed by atoms with Gasteiger partial charge < -0.3 is 18.0 Å². The largest absolute Gasteiger partial charge is 0.500 e. The molecule has 8 heteroatoms. The number of benzene rings is 1. The molecular formula is C16H27NO6Si. The molecule has 0 spiro atoms. The van der Waals surface area contributed by atoms with Crippen molar-refractivity contribution in [1.29, 1.82) is 0 Å². The molecular weight excluding hydrogens is 330 g/mol. The molecule has 0 amide bonds. The van der Waals surface area contributed by atoms with Crippen LogP contribution in [0, 0.1) is 10.1 Å². The third kappa shape index (κ3) is 6.66. The minimum Gasteiger partial charge on any atom is -0.377 e. The van der Waals surface area contributed by atoms with Gasteiger partial charge in [-0.3, -0.25) is 10.1 Å². The molecule has 0 fully saturated rings. The second kappa shape index (κ2) is 11.3. The lowest BCUT2D eigenvalue weighted by Crippen LogP contribution is -2.42. The molecule has 0 aliphatic carbocycles. The van der Waals surface area contributed by atoms with Crippen LogP contribution in [0.3, 0.4) is 0 Å². The summed E-state index contributed by atoms with van der Waals surface area (Å²) >= 11 is 0. The van der Waals surface area contributed by atoms with Gasteiger partial charge in [0.2, 0.25) is 0 Å². The predicted octanol–water partition coefficient (Wildman–Crippen LogP) is 3.55. The maximum absolute atomic E-state index is 10.9.